The maximum atomic E-state index is 8.80. The van der Waals surface area contributed by atoms with Crippen molar-refractivity contribution in [2.75, 3.05) is 0 Å². The zero-order valence-electron chi connectivity index (χ0n) is 9.36. The highest BCUT2D eigenvalue weighted by Gasteiger charge is 2.03. The Labute approximate surface area is 115 Å². The van der Waals surface area contributed by atoms with Crippen LogP contribution in [0.25, 0.3) is 0 Å². The van der Waals surface area contributed by atoms with Gasteiger partial charge in [0.15, 0.2) is 0 Å². The van der Waals surface area contributed by atoms with Crippen LogP contribution in [0.4, 0.5) is 0 Å². The second-order valence-electron chi connectivity index (χ2n) is 3.63. The Bertz CT molecular complexity index is 605. The Morgan fingerprint density at radius 1 is 1.11 bits per heavy atom. The van der Waals surface area contributed by atoms with Crippen molar-refractivity contribution in [3.8, 4) is 17.6 Å². The molecule has 0 aromatic heterocycles. The van der Waals surface area contributed by atoms with Gasteiger partial charge in [-0.3, -0.25) is 0 Å². The monoisotopic (exact) mass is 277 g/mol. The molecule has 0 atom stereocenters. The van der Waals surface area contributed by atoms with Gasteiger partial charge in [-0.15, -0.1) is 11.6 Å². The van der Waals surface area contributed by atoms with Crippen LogP contribution < -0.4 is 4.74 Å². The summed E-state index contributed by atoms with van der Waals surface area (Å²) in [5.41, 5.74) is 1.41. The minimum Gasteiger partial charge on any atom is -0.457 e. The fourth-order valence-corrected chi connectivity index (χ4v) is 2.00. The molecule has 0 heterocycles. The third kappa shape index (κ3) is 2.95. The summed E-state index contributed by atoms with van der Waals surface area (Å²) in [5, 5.41) is 9.37. The molecule has 0 radical (unpaired) electrons. The molecule has 0 aliphatic carbocycles. The molecule has 0 saturated carbocycles. The van der Waals surface area contributed by atoms with Gasteiger partial charge in [0.1, 0.15) is 11.5 Å². The number of halogens is 2. The second kappa shape index (κ2) is 5.77. The Hall–Kier alpha value is -1.69. The van der Waals surface area contributed by atoms with Crippen LogP contribution in [0.1, 0.15) is 11.1 Å². The van der Waals surface area contributed by atoms with Gasteiger partial charge >= 0.3 is 0 Å². The molecule has 0 bridgehead atoms. The number of nitrogens with zero attached hydrogens (tertiary/aromatic N) is 1. The normalized spacial score (nSPS) is 9.83. The number of hydrogen-bond acceptors (Lipinski definition) is 2. The maximum Gasteiger partial charge on any atom is 0.128 e. The minimum atomic E-state index is 0.364. The Morgan fingerprint density at radius 3 is 2.56 bits per heavy atom. The number of rotatable bonds is 3. The van der Waals surface area contributed by atoms with Crippen molar-refractivity contribution in [1.29, 1.82) is 5.26 Å². The van der Waals surface area contributed by atoms with Gasteiger partial charge in [-0.2, -0.15) is 5.26 Å². The summed E-state index contributed by atoms with van der Waals surface area (Å²) in [6, 6.07) is 14.3. The van der Waals surface area contributed by atoms with E-state index in [9.17, 15) is 0 Å². The lowest BCUT2D eigenvalue weighted by Gasteiger charge is -2.07. The van der Waals surface area contributed by atoms with Crippen LogP contribution in [0.3, 0.4) is 0 Å². The zero-order chi connectivity index (χ0) is 13.0. The summed E-state index contributed by atoms with van der Waals surface area (Å²) in [5.74, 6) is 1.58. The lowest BCUT2D eigenvalue weighted by molar-refractivity contribution is 0.482. The highest BCUT2D eigenvalue weighted by molar-refractivity contribution is 6.32. The quantitative estimate of drug-likeness (QED) is 0.759. The van der Waals surface area contributed by atoms with Gasteiger partial charge in [-0.1, -0.05) is 23.7 Å². The summed E-state index contributed by atoms with van der Waals surface area (Å²) >= 11 is 11.8. The molecule has 0 N–H and O–H groups in total. The predicted molar refractivity (Wildman–Crippen MR) is 72.2 cm³/mol. The largest absolute Gasteiger partial charge is 0.457 e. The highest BCUT2D eigenvalue weighted by atomic mass is 35.5. The molecule has 4 heteroatoms. The van der Waals surface area contributed by atoms with Gasteiger partial charge in [0, 0.05) is 10.9 Å². The number of nitriles is 1. The van der Waals surface area contributed by atoms with Gasteiger partial charge in [0.05, 0.1) is 11.6 Å². The van der Waals surface area contributed by atoms with Gasteiger partial charge in [-0.25, -0.2) is 0 Å². The van der Waals surface area contributed by atoms with E-state index in [1.54, 1.807) is 36.4 Å². The minimum absolute atomic E-state index is 0.364. The molecule has 0 unspecified atom stereocenters. The van der Waals surface area contributed by atoms with E-state index in [0.29, 0.717) is 28.0 Å². The highest BCUT2D eigenvalue weighted by Crippen LogP contribution is 2.27. The first-order chi connectivity index (χ1) is 8.72. The van der Waals surface area contributed by atoms with Crippen molar-refractivity contribution in [3.63, 3.8) is 0 Å². The lowest BCUT2D eigenvalue weighted by Crippen LogP contribution is -1.87. The zero-order valence-corrected chi connectivity index (χ0v) is 10.9. The number of alkyl halides is 1. The first-order valence-corrected chi connectivity index (χ1v) is 6.16. The van der Waals surface area contributed by atoms with Gasteiger partial charge < -0.3 is 4.74 Å². The standard InChI is InChI=1S/C14H9Cl2NO/c15-8-11-4-5-13(7-14(11)16)18-12-3-1-2-10(6-12)9-17/h1-7H,8H2. The Kier molecular flexibility index (Phi) is 4.09. The van der Waals surface area contributed by atoms with Crippen molar-refractivity contribution in [1.82, 2.24) is 0 Å². The molecule has 2 nitrogen and oxygen atoms in total. The first-order valence-electron chi connectivity index (χ1n) is 5.25. The van der Waals surface area contributed by atoms with Crippen LogP contribution in [0, 0.1) is 11.3 Å². The fraction of sp³-hybridized carbons (Fsp3) is 0.0714. The smallest absolute Gasteiger partial charge is 0.128 e. The van der Waals surface area contributed by atoms with Crippen LogP contribution >= 0.6 is 23.2 Å². The number of benzene rings is 2. The third-order valence-corrected chi connectivity index (χ3v) is 3.01. The van der Waals surface area contributed by atoms with Crippen molar-refractivity contribution >= 4 is 23.2 Å². The van der Waals surface area contributed by atoms with Crippen LogP contribution in [0.2, 0.25) is 5.02 Å². The van der Waals surface area contributed by atoms with Crippen LogP contribution in [-0.2, 0) is 5.88 Å². The van der Waals surface area contributed by atoms with Crippen molar-refractivity contribution in [3.05, 3.63) is 58.6 Å². The van der Waals surface area contributed by atoms with E-state index in [1.165, 1.54) is 0 Å². The van der Waals surface area contributed by atoms with Crippen LogP contribution in [0.5, 0.6) is 11.5 Å². The Balaban J connectivity index is 2.23. The molecule has 2 rings (SSSR count). The molecule has 0 spiro atoms. The first kappa shape index (κ1) is 12.8. The molecule has 0 saturated heterocycles. The third-order valence-electron chi connectivity index (χ3n) is 2.37. The predicted octanol–water partition coefficient (Wildman–Crippen LogP) is 4.74. The fourth-order valence-electron chi connectivity index (χ4n) is 1.47. The summed E-state index contributed by atoms with van der Waals surface area (Å²) in [7, 11) is 0. The molecule has 0 aliphatic heterocycles. The Morgan fingerprint density at radius 2 is 1.89 bits per heavy atom. The molecule has 0 aliphatic rings. The van der Waals surface area contributed by atoms with E-state index < -0.39 is 0 Å². The molecular formula is C14H9Cl2NO. The summed E-state index contributed by atoms with van der Waals surface area (Å²) in [6.07, 6.45) is 0. The molecule has 90 valence electrons. The van der Waals surface area contributed by atoms with Gasteiger partial charge in [0.25, 0.3) is 0 Å². The van der Waals surface area contributed by atoms with Crippen LogP contribution in [-0.4, -0.2) is 0 Å². The van der Waals surface area contributed by atoms with E-state index in [0.717, 1.165) is 5.56 Å². The molecular weight excluding hydrogens is 269 g/mol. The average Bonchev–Trinajstić information content (AvgIpc) is 2.39. The van der Waals surface area contributed by atoms with Gasteiger partial charge in [0.2, 0.25) is 0 Å². The SMILES string of the molecule is N#Cc1cccc(Oc2ccc(CCl)c(Cl)c2)c1. The molecule has 0 amide bonds. The maximum absolute atomic E-state index is 8.80. The van der Waals surface area contributed by atoms with E-state index in [2.05, 4.69) is 6.07 Å². The topological polar surface area (TPSA) is 33.0 Å². The molecule has 18 heavy (non-hydrogen) atoms. The lowest BCUT2D eigenvalue weighted by atomic mass is 10.2. The van der Waals surface area contributed by atoms with Crippen molar-refractivity contribution < 1.29 is 4.74 Å². The summed E-state index contributed by atoms with van der Waals surface area (Å²) < 4.78 is 5.62. The average molecular weight is 278 g/mol. The molecule has 2 aromatic carbocycles. The molecule has 0 fully saturated rings. The van der Waals surface area contributed by atoms with Crippen molar-refractivity contribution in [2.45, 2.75) is 5.88 Å². The number of hydrogen-bond donors (Lipinski definition) is 0. The van der Waals surface area contributed by atoms with E-state index >= 15 is 0 Å². The summed E-state index contributed by atoms with van der Waals surface area (Å²) in [6.45, 7) is 0. The molecule has 2 aromatic rings. The number of ether oxygens (including phenoxy) is 1. The van der Waals surface area contributed by atoms with Gasteiger partial charge in [-0.05, 0) is 35.9 Å². The van der Waals surface area contributed by atoms with Crippen LogP contribution in [0.15, 0.2) is 42.5 Å². The second-order valence-corrected chi connectivity index (χ2v) is 4.30. The van der Waals surface area contributed by atoms with E-state index in [1.807, 2.05) is 6.07 Å². The van der Waals surface area contributed by atoms with Crippen molar-refractivity contribution in [2.24, 2.45) is 0 Å². The van der Waals surface area contributed by atoms with E-state index in [-0.39, 0.29) is 0 Å². The summed E-state index contributed by atoms with van der Waals surface area (Å²) in [4.78, 5) is 0. The van der Waals surface area contributed by atoms with E-state index in [4.69, 9.17) is 33.2 Å².